The van der Waals surface area contributed by atoms with Gasteiger partial charge < -0.3 is 0 Å². The van der Waals surface area contributed by atoms with E-state index < -0.39 is 0 Å². The van der Waals surface area contributed by atoms with Crippen LogP contribution < -0.4 is 0 Å². The van der Waals surface area contributed by atoms with E-state index in [1.807, 2.05) is 12.3 Å². The van der Waals surface area contributed by atoms with Gasteiger partial charge in [-0.25, -0.2) is 9.50 Å². The van der Waals surface area contributed by atoms with Crippen LogP contribution >= 0.6 is 0 Å². The molecule has 0 saturated carbocycles. The molecular weight excluding hydrogens is 164 g/mol. The van der Waals surface area contributed by atoms with Crippen LogP contribution in [0.5, 0.6) is 0 Å². The number of hydrogen-bond acceptors (Lipinski definition) is 3. The predicted octanol–water partition coefficient (Wildman–Crippen LogP) is 1.42. The molecular formula is C9H12N4. The highest BCUT2D eigenvalue weighted by molar-refractivity contribution is 5.26. The molecule has 0 atom stereocenters. The second-order valence-corrected chi connectivity index (χ2v) is 4.05. The summed E-state index contributed by atoms with van der Waals surface area (Å²) in [6, 6.07) is 1.84. The van der Waals surface area contributed by atoms with E-state index in [0.29, 0.717) is 5.78 Å². The van der Waals surface area contributed by atoms with Crippen LogP contribution in [0.25, 0.3) is 5.78 Å². The predicted molar refractivity (Wildman–Crippen MR) is 49.5 cm³/mol. The molecule has 4 heteroatoms. The van der Waals surface area contributed by atoms with E-state index in [1.54, 1.807) is 10.7 Å². The molecule has 0 aliphatic rings. The van der Waals surface area contributed by atoms with E-state index in [-0.39, 0.29) is 5.41 Å². The Bertz CT molecular complexity index is 391. The van der Waals surface area contributed by atoms with Gasteiger partial charge in [-0.2, -0.15) is 4.98 Å². The van der Waals surface area contributed by atoms with Gasteiger partial charge >= 0.3 is 0 Å². The minimum absolute atomic E-state index is 0.0201. The first-order chi connectivity index (χ1) is 6.07. The second-order valence-electron chi connectivity index (χ2n) is 4.05. The molecule has 0 aromatic carbocycles. The summed E-state index contributed by atoms with van der Waals surface area (Å²) >= 11 is 0. The summed E-state index contributed by atoms with van der Waals surface area (Å²) in [5, 5.41) is 4.33. The largest absolute Gasteiger partial charge is 0.252 e. The molecule has 0 aliphatic carbocycles. The number of hydrogen-bond donors (Lipinski definition) is 0. The summed E-state index contributed by atoms with van der Waals surface area (Å²) in [5.74, 6) is 1.48. The molecule has 0 radical (unpaired) electrons. The van der Waals surface area contributed by atoms with Crippen LogP contribution in [0.1, 0.15) is 26.6 Å². The third kappa shape index (κ3) is 1.39. The lowest BCUT2D eigenvalue weighted by atomic mass is 9.96. The average molecular weight is 176 g/mol. The van der Waals surface area contributed by atoms with Gasteiger partial charge in [-0.1, -0.05) is 20.8 Å². The minimum atomic E-state index is -0.0201. The monoisotopic (exact) mass is 176 g/mol. The quantitative estimate of drug-likeness (QED) is 0.609. The lowest BCUT2D eigenvalue weighted by molar-refractivity contribution is 0.545. The zero-order valence-electron chi connectivity index (χ0n) is 8.02. The molecule has 0 N–H and O–H groups in total. The molecule has 0 fully saturated rings. The fraction of sp³-hybridized carbons (Fsp3) is 0.444. The van der Waals surface area contributed by atoms with Gasteiger partial charge in [0.2, 0.25) is 0 Å². The molecule has 2 heterocycles. The van der Waals surface area contributed by atoms with E-state index in [0.717, 1.165) is 5.82 Å². The van der Waals surface area contributed by atoms with Gasteiger partial charge in [0.25, 0.3) is 5.78 Å². The molecule has 0 spiro atoms. The van der Waals surface area contributed by atoms with Crippen molar-refractivity contribution < 1.29 is 0 Å². The SMILES string of the molecule is CC(C)(C)c1nc2ncccn2n1. The lowest BCUT2D eigenvalue weighted by Crippen LogP contribution is -2.13. The Hall–Kier alpha value is -1.45. The maximum Gasteiger partial charge on any atom is 0.252 e. The summed E-state index contributed by atoms with van der Waals surface area (Å²) < 4.78 is 1.70. The standard InChI is InChI=1S/C9H12N4/c1-9(2,3)7-11-8-10-5-4-6-13(8)12-7/h4-6H,1-3H3. The number of aromatic nitrogens is 4. The first kappa shape index (κ1) is 8.16. The minimum Gasteiger partial charge on any atom is -0.220 e. The Morgan fingerprint density at radius 3 is 2.69 bits per heavy atom. The zero-order chi connectivity index (χ0) is 9.47. The smallest absolute Gasteiger partial charge is 0.220 e. The number of nitrogens with zero attached hydrogens (tertiary/aromatic N) is 4. The van der Waals surface area contributed by atoms with Gasteiger partial charge in [0, 0.05) is 17.8 Å². The van der Waals surface area contributed by atoms with Crippen molar-refractivity contribution in [1.29, 1.82) is 0 Å². The molecule has 2 aromatic rings. The Balaban J connectivity index is 2.63. The Kier molecular flexibility index (Phi) is 1.58. The van der Waals surface area contributed by atoms with Crippen molar-refractivity contribution in [3.63, 3.8) is 0 Å². The van der Waals surface area contributed by atoms with Gasteiger partial charge in [0.1, 0.15) is 0 Å². The van der Waals surface area contributed by atoms with Crippen molar-refractivity contribution in [1.82, 2.24) is 19.6 Å². The van der Waals surface area contributed by atoms with Gasteiger partial charge in [-0.15, -0.1) is 5.10 Å². The first-order valence-corrected chi connectivity index (χ1v) is 4.25. The summed E-state index contributed by atoms with van der Waals surface area (Å²) in [6.45, 7) is 6.26. The average Bonchev–Trinajstić information content (AvgIpc) is 2.45. The van der Waals surface area contributed by atoms with Gasteiger partial charge in [-0.05, 0) is 6.07 Å². The Labute approximate surface area is 76.6 Å². The van der Waals surface area contributed by atoms with Gasteiger partial charge in [0.05, 0.1) is 0 Å². The molecule has 2 rings (SSSR count). The van der Waals surface area contributed by atoms with Crippen LogP contribution in [0.4, 0.5) is 0 Å². The van der Waals surface area contributed by atoms with Crippen molar-refractivity contribution >= 4 is 5.78 Å². The lowest BCUT2D eigenvalue weighted by Gasteiger charge is -2.11. The fourth-order valence-corrected chi connectivity index (χ4v) is 1.05. The second kappa shape index (κ2) is 2.52. The van der Waals surface area contributed by atoms with E-state index in [2.05, 4.69) is 35.8 Å². The van der Waals surface area contributed by atoms with Crippen molar-refractivity contribution in [3.8, 4) is 0 Å². The van der Waals surface area contributed by atoms with Crippen molar-refractivity contribution in [3.05, 3.63) is 24.3 Å². The third-order valence-corrected chi connectivity index (χ3v) is 1.79. The maximum absolute atomic E-state index is 4.33. The van der Waals surface area contributed by atoms with Crippen molar-refractivity contribution in [2.75, 3.05) is 0 Å². The van der Waals surface area contributed by atoms with Crippen LogP contribution in [0, 0.1) is 0 Å². The van der Waals surface area contributed by atoms with Crippen LogP contribution in [0.2, 0.25) is 0 Å². The van der Waals surface area contributed by atoms with E-state index >= 15 is 0 Å². The molecule has 0 saturated heterocycles. The van der Waals surface area contributed by atoms with Crippen molar-refractivity contribution in [2.45, 2.75) is 26.2 Å². The van der Waals surface area contributed by atoms with E-state index in [1.165, 1.54) is 0 Å². The Morgan fingerprint density at radius 2 is 2.08 bits per heavy atom. The van der Waals surface area contributed by atoms with Crippen LogP contribution in [0.3, 0.4) is 0 Å². The Morgan fingerprint density at radius 1 is 1.31 bits per heavy atom. The third-order valence-electron chi connectivity index (χ3n) is 1.79. The molecule has 0 aliphatic heterocycles. The fourth-order valence-electron chi connectivity index (χ4n) is 1.05. The molecule has 2 aromatic heterocycles. The summed E-state index contributed by atoms with van der Waals surface area (Å²) in [7, 11) is 0. The summed E-state index contributed by atoms with van der Waals surface area (Å²) in [5.41, 5.74) is -0.0201. The van der Waals surface area contributed by atoms with Gasteiger partial charge in [0.15, 0.2) is 5.82 Å². The van der Waals surface area contributed by atoms with E-state index in [4.69, 9.17) is 0 Å². The topological polar surface area (TPSA) is 43.1 Å². The molecule has 0 unspecified atom stereocenters. The summed E-state index contributed by atoms with van der Waals surface area (Å²) in [6.07, 6.45) is 3.57. The molecule has 0 amide bonds. The van der Waals surface area contributed by atoms with Crippen molar-refractivity contribution in [2.24, 2.45) is 0 Å². The molecule has 68 valence electrons. The zero-order valence-corrected chi connectivity index (χ0v) is 8.02. The van der Waals surface area contributed by atoms with Crippen LogP contribution in [0.15, 0.2) is 18.5 Å². The first-order valence-electron chi connectivity index (χ1n) is 4.25. The number of rotatable bonds is 0. The van der Waals surface area contributed by atoms with Crippen LogP contribution in [-0.2, 0) is 5.41 Å². The molecule has 4 nitrogen and oxygen atoms in total. The highest BCUT2D eigenvalue weighted by atomic mass is 15.3. The highest BCUT2D eigenvalue weighted by Gasteiger charge is 2.19. The maximum atomic E-state index is 4.33. The highest BCUT2D eigenvalue weighted by Crippen LogP contribution is 2.17. The van der Waals surface area contributed by atoms with Crippen LogP contribution in [-0.4, -0.2) is 19.6 Å². The normalized spacial score (nSPS) is 12.2. The molecule has 13 heavy (non-hydrogen) atoms. The van der Waals surface area contributed by atoms with Gasteiger partial charge in [-0.3, -0.25) is 0 Å². The number of fused-ring (bicyclic) bond motifs is 1. The summed E-state index contributed by atoms with van der Waals surface area (Å²) in [4.78, 5) is 8.43. The molecule has 0 bridgehead atoms. The van der Waals surface area contributed by atoms with E-state index in [9.17, 15) is 0 Å².